The van der Waals surface area contributed by atoms with Crippen LogP contribution in [0, 0.1) is 6.92 Å². The van der Waals surface area contributed by atoms with Crippen molar-refractivity contribution in [1.82, 2.24) is 25.0 Å². The van der Waals surface area contributed by atoms with Gasteiger partial charge in [0.25, 0.3) is 0 Å². The number of nitrogens with two attached hydrogens (primary N) is 1. The van der Waals surface area contributed by atoms with Gasteiger partial charge >= 0.3 is 0 Å². The Kier molecular flexibility index (Phi) is 5.77. The molecule has 0 saturated carbocycles. The monoisotopic (exact) mass is 472 g/mol. The molecule has 0 radical (unpaired) electrons. The van der Waals surface area contributed by atoms with Crippen molar-refractivity contribution in [2.24, 2.45) is 5.73 Å². The number of H-pyrrole nitrogens is 1. The van der Waals surface area contributed by atoms with Gasteiger partial charge in [-0.15, -0.1) is 0 Å². The van der Waals surface area contributed by atoms with Gasteiger partial charge in [0.15, 0.2) is 6.23 Å². The summed E-state index contributed by atoms with van der Waals surface area (Å²) in [5.74, 6) is 0.575. The van der Waals surface area contributed by atoms with Crippen molar-refractivity contribution in [2.45, 2.75) is 32.0 Å². The van der Waals surface area contributed by atoms with E-state index in [1.807, 2.05) is 35.3 Å². The third-order valence-electron chi connectivity index (χ3n) is 5.70. The van der Waals surface area contributed by atoms with Crippen molar-refractivity contribution in [3.63, 3.8) is 0 Å². The number of aryl methyl sites for hydroxylation is 1. The minimum absolute atomic E-state index is 0.345. The van der Waals surface area contributed by atoms with Crippen molar-refractivity contribution in [1.29, 1.82) is 0 Å². The number of pyridine rings is 1. The molecule has 3 N–H and O–H groups in total. The molecule has 0 amide bonds. The highest BCUT2D eigenvalue weighted by Gasteiger charge is 2.20. The number of hydrogen-bond acceptors (Lipinski definition) is 6. The largest absolute Gasteiger partial charge is 0.471 e. The van der Waals surface area contributed by atoms with Gasteiger partial charge in [-0.25, -0.2) is 0 Å². The third-order valence-corrected chi connectivity index (χ3v) is 6.48. The van der Waals surface area contributed by atoms with Gasteiger partial charge < -0.3 is 9.47 Å². The van der Waals surface area contributed by atoms with E-state index in [1.165, 1.54) is 6.20 Å². The summed E-state index contributed by atoms with van der Waals surface area (Å²) in [4.78, 5) is 4.14. The summed E-state index contributed by atoms with van der Waals surface area (Å²) in [7, 11) is 0. The van der Waals surface area contributed by atoms with Crippen LogP contribution in [0.2, 0.25) is 10.0 Å². The molecule has 0 bridgehead atoms. The van der Waals surface area contributed by atoms with Crippen LogP contribution < -0.4 is 10.5 Å². The summed E-state index contributed by atoms with van der Waals surface area (Å²) in [5, 5.41) is 13.8. The average molecular weight is 473 g/mol. The predicted molar refractivity (Wildman–Crippen MR) is 123 cm³/mol. The lowest BCUT2D eigenvalue weighted by molar-refractivity contribution is 0.0662. The van der Waals surface area contributed by atoms with E-state index in [2.05, 4.69) is 20.3 Å². The number of ether oxygens (including phenoxy) is 2. The van der Waals surface area contributed by atoms with E-state index < -0.39 is 6.23 Å². The van der Waals surface area contributed by atoms with Gasteiger partial charge in [-0.05, 0) is 38.0 Å². The summed E-state index contributed by atoms with van der Waals surface area (Å²) in [5.41, 5.74) is 10.0. The van der Waals surface area contributed by atoms with Crippen LogP contribution in [0.25, 0.3) is 22.2 Å². The van der Waals surface area contributed by atoms with E-state index in [1.54, 1.807) is 6.92 Å². The number of hydrogen-bond donors (Lipinski definition) is 2. The Morgan fingerprint density at radius 3 is 2.88 bits per heavy atom. The molecule has 1 aliphatic rings. The van der Waals surface area contributed by atoms with Crippen LogP contribution in [-0.4, -0.2) is 38.2 Å². The van der Waals surface area contributed by atoms with Crippen LogP contribution in [0.1, 0.15) is 36.4 Å². The maximum Gasteiger partial charge on any atom is 0.177 e. The minimum Gasteiger partial charge on any atom is -0.471 e. The van der Waals surface area contributed by atoms with Crippen LogP contribution in [0.15, 0.2) is 36.8 Å². The molecule has 1 aliphatic heterocycles. The Bertz CT molecular complexity index is 1260. The number of fused-ring (bicyclic) bond motifs is 1. The van der Waals surface area contributed by atoms with Gasteiger partial charge in [0.1, 0.15) is 11.4 Å². The first-order valence-corrected chi connectivity index (χ1v) is 11.1. The first-order valence-electron chi connectivity index (χ1n) is 10.3. The molecule has 0 unspecified atom stereocenters. The van der Waals surface area contributed by atoms with Crippen LogP contribution in [0.5, 0.6) is 5.75 Å². The number of aromatic amines is 1. The van der Waals surface area contributed by atoms with Crippen molar-refractivity contribution in [2.75, 3.05) is 13.2 Å². The molecule has 32 heavy (non-hydrogen) atoms. The van der Waals surface area contributed by atoms with E-state index in [9.17, 15) is 0 Å². The van der Waals surface area contributed by atoms with E-state index in [4.69, 9.17) is 38.4 Å². The second-order valence-electron chi connectivity index (χ2n) is 7.79. The smallest absolute Gasteiger partial charge is 0.177 e. The fourth-order valence-corrected chi connectivity index (χ4v) is 4.50. The van der Waals surface area contributed by atoms with E-state index >= 15 is 0 Å². The second-order valence-corrected chi connectivity index (χ2v) is 8.57. The maximum absolute atomic E-state index is 6.37. The van der Waals surface area contributed by atoms with E-state index in [0.717, 1.165) is 48.2 Å². The van der Waals surface area contributed by atoms with Gasteiger partial charge in [-0.1, -0.05) is 23.2 Å². The Morgan fingerprint density at radius 1 is 1.25 bits per heavy atom. The standard InChI is InChI=1S/C22H22Cl2N6O2/c1-12-20(24)19(17(23)10-26-12)22(25)32-15-2-3-18-16(8-15)21(29-28-18)13-9-27-30(11-13)14-4-6-31-7-5-14/h2-3,8-11,14,22H,4-7,25H2,1H3,(H,28,29)/t22-/m0/s1. The number of halogens is 2. The van der Waals surface area contributed by atoms with Crippen molar-refractivity contribution >= 4 is 34.1 Å². The molecule has 0 aliphatic carbocycles. The Balaban J connectivity index is 1.43. The molecule has 4 aromatic rings. The number of nitrogens with zero attached hydrogens (tertiary/aromatic N) is 4. The molecule has 1 saturated heterocycles. The fourth-order valence-electron chi connectivity index (χ4n) is 3.94. The Labute approximate surface area is 194 Å². The maximum atomic E-state index is 6.37. The van der Waals surface area contributed by atoms with Crippen LogP contribution in [0.3, 0.4) is 0 Å². The SMILES string of the molecule is Cc1ncc(Cl)c([C@@H](N)Oc2ccc3[nH]nc(-c4cnn(C5CCOCC5)c4)c3c2)c1Cl. The van der Waals surface area contributed by atoms with Crippen molar-refractivity contribution in [3.05, 3.63) is 58.1 Å². The zero-order chi connectivity index (χ0) is 22.2. The summed E-state index contributed by atoms with van der Waals surface area (Å²) >= 11 is 12.6. The topological polar surface area (TPSA) is 104 Å². The summed E-state index contributed by atoms with van der Waals surface area (Å²) in [6, 6.07) is 5.97. The zero-order valence-electron chi connectivity index (χ0n) is 17.4. The van der Waals surface area contributed by atoms with E-state index in [0.29, 0.717) is 33.1 Å². The molecular formula is C22H22Cl2N6O2. The normalized spacial score (nSPS) is 15.9. The first kappa shape index (κ1) is 21.2. The minimum atomic E-state index is -0.847. The Morgan fingerprint density at radius 2 is 2.06 bits per heavy atom. The first-order chi connectivity index (χ1) is 15.5. The van der Waals surface area contributed by atoms with Gasteiger partial charge in [-0.2, -0.15) is 10.2 Å². The number of benzene rings is 1. The highest BCUT2D eigenvalue weighted by molar-refractivity contribution is 6.36. The number of rotatable bonds is 5. The van der Waals surface area contributed by atoms with Crippen LogP contribution >= 0.6 is 23.2 Å². The molecule has 8 nitrogen and oxygen atoms in total. The summed E-state index contributed by atoms with van der Waals surface area (Å²) < 4.78 is 13.4. The lowest BCUT2D eigenvalue weighted by Crippen LogP contribution is -2.19. The zero-order valence-corrected chi connectivity index (χ0v) is 18.9. The molecular weight excluding hydrogens is 451 g/mol. The van der Waals surface area contributed by atoms with Gasteiger partial charge in [0.05, 0.1) is 33.5 Å². The number of nitrogens with one attached hydrogen (secondary N) is 1. The van der Waals surface area contributed by atoms with Crippen LogP contribution in [0.4, 0.5) is 0 Å². The molecule has 0 spiro atoms. The van der Waals surface area contributed by atoms with Crippen molar-refractivity contribution < 1.29 is 9.47 Å². The molecule has 4 heterocycles. The quantitative estimate of drug-likeness (QED) is 0.403. The molecule has 166 valence electrons. The van der Waals surface area contributed by atoms with E-state index in [-0.39, 0.29) is 0 Å². The molecule has 1 aromatic carbocycles. The Hall–Kier alpha value is -2.65. The number of aromatic nitrogens is 5. The predicted octanol–water partition coefficient (Wildman–Crippen LogP) is 4.82. The fraction of sp³-hybridized carbons (Fsp3) is 0.318. The van der Waals surface area contributed by atoms with Gasteiger partial charge in [-0.3, -0.25) is 20.5 Å². The third kappa shape index (κ3) is 3.95. The lowest BCUT2D eigenvalue weighted by Gasteiger charge is -2.22. The molecule has 1 atom stereocenters. The molecule has 3 aromatic heterocycles. The lowest BCUT2D eigenvalue weighted by atomic mass is 10.1. The molecule has 5 rings (SSSR count). The average Bonchev–Trinajstić information content (AvgIpc) is 3.44. The molecule has 1 fully saturated rings. The highest BCUT2D eigenvalue weighted by atomic mass is 35.5. The molecule has 10 heteroatoms. The van der Waals surface area contributed by atoms with Crippen LogP contribution in [-0.2, 0) is 4.74 Å². The van der Waals surface area contributed by atoms with Gasteiger partial charge in [0, 0.05) is 42.1 Å². The van der Waals surface area contributed by atoms with Crippen molar-refractivity contribution in [3.8, 4) is 17.0 Å². The second kappa shape index (κ2) is 8.71. The highest BCUT2D eigenvalue weighted by Crippen LogP contribution is 2.34. The summed E-state index contributed by atoms with van der Waals surface area (Å²) in [6.45, 7) is 3.31. The van der Waals surface area contributed by atoms with Gasteiger partial charge in [0.2, 0.25) is 0 Å². The summed E-state index contributed by atoms with van der Waals surface area (Å²) in [6.07, 6.45) is 6.46.